The van der Waals surface area contributed by atoms with E-state index < -0.39 is 5.60 Å². The molecule has 27 heavy (non-hydrogen) atoms. The van der Waals surface area contributed by atoms with E-state index in [2.05, 4.69) is 45.9 Å². The number of carbonyl (C=O) groups is 1. The van der Waals surface area contributed by atoms with E-state index >= 15 is 0 Å². The summed E-state index contributed by atoms with van der Waals surface area (Å²) in [5.41, 5.74) is 2.22. The fourth-order valence-electron chi connectivity index (χ4n) is 3.35. The Morgan fingerprint density at radius 2 is 1.74 bits per heavy atom. The van der Waals surface area contributed by atoms with Crippen molar-refractivity contribution in [3.8, 4) is 5.75 Å². The Kier molecular flexibility index (Phi) is 7.19. The minimum absolute atomic E-state index is 0.151. The second kappa shape index (κ2) is 8.99. The van der Waals surface area contributed by atoms with Gasteiger partial charge in [0.1, 0.15) is 17.5 Å². The third-order valence-electron chi connectivity index (χ3n) is 4.70. The van der Waals surface area contributed by atoms with Crippen molar-refractivity contribution < 1.29 is 14.3 Å². The topological polar surface area (TPSA) is 38.8 Å². The molecule has 1 saturated heterocycles. The molecular weight excluding hydrogens is 338 g/mol. The van der Waals surface area contributed by atoms with Crippen LogP contribution in [0.4, 0.5) is 4.79 Å². The zero-order valence-electron chi connectivity index (χ0n) is 18.2. The Labute approximate surface area is 165 Å². The first-order chi connectivity index (χ1) is 12.5. The largest absolute Gasteiger partial charge is 0.490 e. The lowest BCUT2D eigenvalue weighted by Crippen LogP contribution is -2.44. The number of likely N-dealkylation sites (tertiary alicyclic amines) is 1. The lowest BCUT2D eigenvalue weighted by atomic mass is 9.96. The first kappa shape index (κ1) is 21.6. The van der Waals surface area contributed by atoms with Crippen LogP contribution < -0.4 is 4.74 Å². The molecule has 1 aromatic carbocycles. The van der Waals surface area contributed by atoms with Gasteiger partial charge in [-0.1, -0.05) is 33.8 Å². The van der Waals surface area contributed by atoms with Crippen molar-refractivity contribution >= 4 is 6.09 Å². The highest BCUT2D eigenvalue weighted by Gasteiger charge is 2.27. The summed E-state index contributed by atoms with van der Waals surface area (Å²) < 4.78 is 11.8. The molecule has 0 aliphatic carbocycles. The molecule has 1 heterocycles. The maximum atomic E-state index is 12.2. The molecule has 2 rings (SSSR count). The maximum Gasteiger partial charge on any atom is 0.410 e. The molecule has 0 radical (unpaired) electrons. The highest BCUT2D eigenvalue weighted by atomic mass is 16.6. The van der Waals surface area contributed by atoms with E-state index in [-0.39, 0.29) is 12.2 Å². The minimum Gasteiger partial charge on any atom is -0.490 e. The van der Waals surface area contributed by atoms with Crippen LogP contribution in [0.5, 0.6) is 5.75 Å². The molecule has 0 saturated carbocycles. The van der Waals surface area contributed by atoms with Crippen LogP contribution in [0.1, 0.15) is 78.4 Å². The smallest absolute Gasteiger partial charge is 0.410 e. The van der Waals surface area contributed by atoms with Crippen molar-refractivity contribution in [1.82, 2.24) is 4.90 Å². The maximum absolute atomic E-state index is 12.2. The average molecular weight is 376 g/mol. The minimum atomic E-state index is -0.450. The molecule has 4 heteroatoms. The van der Waals surface area contributed by atoms with Crippen LogP contribution in [0.2, 0.25) is 0 Å². The Morgan fingerprint density at radius 1 is 1.11 bits per heavy atom. The monoisotopic (exact) mass is 375 g/mol. The first-order valence-electron chi connectivity index (χ1n) is 10.3. The summed E-state index contributed by atoms with van der Waals surface area (Å²) in [5.74, 6) is 2.07. The van der Waals surface area contributed by atoms with Crippen LogP contribution in [-0.2, 0) is 11.2 Å². The molecule has 0 aromatic heterocycles. The zero-order chi connectivity index (χ0) is 20.2. The summed E-state index contributed by atoms with van der Waals surface area (Å²) in [5, 5.41) is 0. The summed E-state index contributed by atoms with van der Waals surface area (Å²) in [6, 6.07) is 6.67. The Bertz CT molecular complexity index is 623. The van der Waals surface area contributed by atoms with Gasteiger partial charge in [0.2, 0.25) is 0 Å². The van der Waals surface area contributed by atoms with Crippen LogP contribution in [0.15, 0.2) is 18.2 Å². The van der Waals surface area contributed by atoms with Crippen LogP contribution in [0, 0.1) is 5.92 Å². The first-order valence-corrected chi connectivity index (χ1v) is 10.3. The van der Waals surface area contributed by atoms with E-state index in [0.29, 0.717) is 24.9 Å². The number of rotatable bonds is 5. The molecule has 0 atom stereocenters. The zero-order valence-corrected chi connectivity index (χ0v) is 18.2. The van der Waals surface area contributed by atoms with Crippen molar-refractivity contribution in [2.75, 3.05) is 13.1 Å². The number of hydrogen-bond donors (Lipinski definition) is 0. The summed E-state index contributed by atoms with van der Waals surface area (Å²) in [7, 11) is 0. The molecule has 152 valence electrons. The summed E-state index contributed by atoms with van der Waals surface area (Å²) in [6.07, 6.45) is 2.67. The second-order valence-electron chi connectivity index (χ2n) is 9.45. The number of piperidine rings is 1. The molecule has 0 N–H and O–H groups in total. The number of benzene rings is 1. The molecule has 4 nitrogen and oxygen atoms in total. The van der Waals surface area contributed by atoms with Crippen LogP contribution in [0.25, 0.3) is 0 Å². The molecule has 0 spiro atoms. The van der Waals surface area contributed by atoms with Gasteiger partial charge in [0.25, 0.3) is 0 Å². The van der Waals surface area contributed by atoms with Gasteiger partial charge >= 0.3 is 6.09 Å². The second-order valence-corrected chi connectivity index (χ2v) is 9.45. The number of ether oxygens (including phenoxy) is 2. The summed E-state index contributed by atoms with van der Waals surface area (Å²) >= 11 is 0. The van der Waals surface area contributed by atoms with Gasteiger partial charge in [0.15, 0.2) is 0 Å². The van der Waals surface area contributed by atoms with Crippen molar-refractivity contribution in [1.29, 1.82) is 0 Å². The average Bonchev–Trinajstić information content (AvgIpc) is 2.53. The van der Waals surface area contributed by atoms with E-state index in [4.69, 9.17) is 9.47 Å². The third-order valence-corrected chi connectivity index (χ3v) is 4.70. The predicted molar refractivity (Wildman–Crippen MR) is 111 cm³/mol. The van der Waals surface area contributed by atoms with Crippen LogP contribution in [0.3, 0.4) is 0 Å². The number of carbonyl (C=O) groups excluding carboxylic acids is 1. The Morgan fingerprint density at radius 3 is 2.26 bits per heavy atom. The van der Waals surface area contributed by atoms with Gasteiger partial charge < -0.3 is 14.4 Å². The quantitative estimate of drug-likeness (QED) is 0.654. The fourth-order valence-corrected chi connectivity index (χ4v) is 3.35. The van der Waals surface area contributed by atoms with Crippen LogP contribution in [-0.4, -0.2) is 35.8 Å². The van der Waals surface area contributed by atoms with Crippen LogP contribution >= 0.6 is 0 Å². The van der Waals surface area contributed by atoms with Gasteiger partial charge in [0, 0.05) is 25.9 Å². The van der Waals surface area contributed by atoms with E-state index in [0.717, 1.165) is 25.0 Å². The molecular formula is C23H37NO3. The molecule has 0 unspecified atom stereocenters. The van der Waals surface area contributed by atoms with Crippen molar-refractivity contribution in [2.45, 2.75) is 85.4 Å². The summed E-state index contributed by atoms with van der Waals surface area (Å²) in [6.45, 7) is 16.0. The Balaban J connectivity index is 1.98. The molecule has 0 bridgehead atoms. The number of hydrogen-bond acceptors (Lipinski definition) is 3. The van der Waals surface area contributed by atoms with Crippen molar-refractivity contribution in [2.24, 2.45) is 5.92 Å². The normalized spacial score (nSPS) is 16.1. The van der Waals surface area contributed by atoms with Gasteiger partial charge in [-0.15, -0.1) is 0 Å². The van der Waals surface area contributed by atoms with Gasteiger partial charge in [-0.05, 0) is 62.3 Å². The van der Waals surface area contributed by atoms with Gasteiger partial charge in [-0.2, -0.15) is 0 Å². The van der Waals surface area contributed by atoms with Gasteiger partial charge in [0.05, 0.1) is 0 Å². The molecule has 1 aliphatic rings. The SMILES string of the molecule is CC(C)Cc1cc(OC2CCN(C(=O)OC(C)(C)C)CC2)cc(C(C)C)c1. The Hall–Kier alpha value is -1.71. The van der Waals surface area contributed by atoms with E-state index in [1.54, 1.807) is 4.90 Å². The highest BCUT2D eigenvalue weighted by Crippen LogP contribution is 2.27. The van der Waals surface area contributed by atoms with Gasteiger partial charge in [-0.3, -0.25) is 0 Å². The predicted octanol–water partition coefficient (Wildman–Crippen LogP) is 5.79. The summed E-state index contributed by atoms with van der Waals surface area (Å²) in [4.78, 5) is 14.0. The van der Waals surface area contributed by atoms with Crippen molar-refractivity contribution in [3.05, 3.63) is 29.3 Å². The van der Waals surface area contributed by atoms with E-state index in [1.807, 2.05) is 20.8 Å². The molecule has 1 fully saturated rings. The fraction of sp³-hybridized carbons (Fsp3) is 0.696. The lowest BCUT2D eigenvalue weighted by molar-refractivity contribution is 0.0126. The van der Waals surface area contributed by atoms with Crippen molar-refractivity contribution in [3.63, 3.8) is 0 Å². The van der Waals surface area contributed by atoms with E-state index in [1.165, 1.54) is 11.1 Å². The standard InChI is InChI=1S/C23H37NO3/c1-16(2)12-18-13-19(17(3)4)15-21(14-18)26-20-8-10-24(11-9-20)22(25)27-23(5,6)7/h13-17,20H,8-12H2,1-7H3. The molecule has 1 amide bonds. The lowest BCUT2D eigenvalue weighted by Gasteiger charge is -2.33. The number of nitrogens with zero attached hydrogens (tertiary/aromatic N) is 1. The third kappa shape index (κ3) is 7.08. The van der Waals surface area contributed by atoms with Gasteiger partial charge in [-0.25, -0.2) is 4.79 Å². The van der Waals surface area contributed by atoms with E-state index in [9.17, 15) is 4.79 Å². The highest BCUT2D eigenvalue weighted by molar-refractivity contribution is 5.68. The number of amides is 1. The molecule has 1 aromatic rings. The molecule has 1 aliphatic heterocycles.